The summed E-state index contributed by atoms with van der Waals surface area (Å²) in [5.41, 5.74) is 6.54. The predicted octanol–water partition coefficient (Wildman–Crippen LogP) is 2.61. The molecule has 0 aliphatic heterocycles. The monoisotopic (exact) mass is 245 g/mol. The molecule has 0 bridgehead atoms. The highest BCUT2D eigenvalue weighted by molar-refractivity contribution is 5.94. The van der Waals surface area contributed by atoms with Crippen molar-refractivity contribution in [3.05, 3.63) is 53.3 Å². The van der Waals surface area contributed by atoms with E-state index < -0.39 is 5.91 Å². The van der Waals surface area contributed by atoms with Gasteiger partial charge in [-0.2, -0.15) is 0 Å². The van der Waals surface area contributed by atoms with Gasteiger partial charge >= 0.3 is 0 Å². The quantitative estimate of drug-likeness (QED) is 0.854. The van der Waals surface area contributed by atoms with E-state index in [2.05, 4.69) is 0 Å². The maximum atomic E-state index is 14.0. The normalized spacial score (nSPS) is 10.3. The minimum atomic E-state index is -0.666. The number of hydrogen-bond donors (Lipinski definition) is 2. The van der Waals surface area contributed by atoms with Crippen molar-refractivity contribution in [2.75, 3.05) is 0 Å². The Labute approximate surface area is 104 Å². The zero-order valence-corrected chi connectivity index (χ0v) is 9.77. The van der Waals surface area contributed by atoms with Gasteiger partial charge in [0.05, 0.1) is 0 Å². The SMILES string of the molecule is Cc1cccc(-c2cc(O)cc(C(N)=O)c2)c1F. The van der Waals surface area contributed by atoms with E-state index in [1.807, 2.05) is 0 Å². The number of primary amides is 1. The van der Waals surface area contributed by atoms with Crippen molar-refractivity contribution in [2.24, 2.45) is 5.73 Å². The molecule has 0 fully saturated rings. The minimum Gasteiger partial charge on any atom is -0.508 e. The van der Waals surface area contributed by atoms with Crippen LogP contribution < -0.4 is 5.73 Å². The van der Waals surface area contributed by atoms with Gasteiger partial charge < -0.3 is 10.8 Å². The summed E-state index contributed by atoms with van der Waals surface area (Å²) < 4.78 is 14.0. The van der Waals surface area contributed by atoms with E-state index >= 15 is 0 Å². The van der Waals surface area contributed by atoms with Crippen LogP contribution in [0.5, 0.6) is 5.75 Å². The van der Waals surface area contributed by atoms with Gasteiger partial charge in [-0.25, -0.2) is 4.39 Å². The van der Waals surface area contributed by atoms with Crippen LogP contribution in [0.4, 0.5) is 4.39 Å². The van der Waals surface area contributed by atoms with Crippen LogP contribution >= 0.6 is 0 Å². The van der Waals surface area contributed by atoms with Crippen molar-refractivity contribution in [1.82, 2.24) is 0 Å². The van der Waals surface area contributed by atoms with Crippen LogP contribution in [0.1, 0.15) is 15.9 Å². The van der Waals surface area contributed by atoms with E-state index in [1.165, 1.54) is 18.2 Å². The Morgan fingerprint density at radius 1 is 1.28 bits per heavy atom. The molecule has 0 saturated carbocycles. The van der Waals surface area contributed by atoms with Gasteiger partial charge in [0, 0.05) is 11.1 Å². The fourth-order valence-corrected chi connectivity index (χ4v) is 1.78. The van der Waals surface area contributed by atoms with Gasteiger partial charge in [0.15, 0.2) is 0 Å². The maximum absolute atomic E-state index is 14.0. The molecule has 0 aliphatic carbocycles. The molecule has 18 heavy (non-hydrogen) atoms. The number of phenols is 1. The third kappa shape index (κ3) is 2.18. The Morgan fingerprint density at radius 2 is 2.00 bits per heavy atom. The number of hydrogen-bond acceptors (Lipinski definition) is 2. The van der Waals surface area contributed by atoms with Crippen molar-refractivity contribution in [3.63, 3.8) is 0 Å². The second kappa shape index (κ2) is 4.49. The molecule has 4 heteroatoms. The molecule has 0 saturated heterocycles. The third-order valence-corrected chi connectivity index (χ3v) is 2.71. The number of nitrogens with two attached hydrogens (primary N) is 1. The van der Waals surface area contributed by atoms with Crippen LogP contribution in [0.2, 0.25) is 0 Å². The molecule has 0 spiro atoms. The largest absolute Gasteiger partial charge is 0.508 e. The Kier molecular flexibility index (Phi) is 3.02. The molecule has 2 aromatic carbocycles. The van der Waals surface area contributed by atoms with E-state index in [0.717, 1.165) is 0 Å². The molecular formula is C14H12FNO2. The highest BCUT2D eigenvalue weighted by Gasteiger charge is 2.11. The van der Waals surface area contributed by atoms with Crippen LogP contribution in [0.25, 0.3) is 11.1 Å². The van der Waals surface area contributed by atoms with Gasteiger partial charge in [-0.1, -0.05) is 18.2 Å². The standard InChI is InChI=1S/C14H12FNO2/c1-8-3-2-4-12(13(8)15)9-5-10(14(16)18)7-11(17)6-9/h2-7,17H,1H3,(H2,16,18). The van der Waals surface area contributed by atoms with Gasteiger partial charge in [0.25, 0.3) is 0 Å². The lowest BCUT2D eigenvalue weighted by Gasteiger charge is -2.08. The Hall–Kier alpha value is -2.36. The van der Waals surface area contributed by atoms with Crippen molar-refractivity contribution in [2.45, 2.75) is 6.92 Å². The first-order chi connectivity index (χ1) is 8.49. The third-order valence-electron chi connectivity index (χ3n) is 2.71. The number of carbonyl (C=O) groups excluding carboxylic acids is 1. The first-order valence-electron chi connectivity index (χ1n) is 5.38. The molecule has 1 amide bonds. The first kappa shape index (κ1) is 12.1. The molecule has 0 aliphatic rings. The number of benzene rings is 2. The fourth-order valence-electron chi connectivity index (χ4n) is 1.78. The molecule has 0 radical (unpaired) electrons. The number of phenolic OH excluding ortho intramolecular Hbond substituents is 1. The summed E-state index contributed by atoms with van der Waals surface area (Å²) in [4.78, 5) is 11.1. The lowest BCUT2D eigenvalue weighted by Crippen LogP contribution is -2.10. The Bertz CT molecular complexity index is 623. The molecule has 0 aromatic heterocycles. The summed E-state index contributed by atoms with van der Waals surface area (Å²) in [6.45, 7) is 1.65. The Balaban J connectivity index is 2.64. The van der Waals surface area contributed by atoms with Crippen molar-refractivity contribution in [1.29, 1.82) is 0 Å². The summed E-state index contributed by atoms with van der Waals surface area (Å²) in [6.07, 6.45) is 0. The molecule has 0 unspecified atom stereocenters. The second-order valence-electron chi connectivity index (χ2n) is 4.07. The molecule has 0 heterocycles. The highest BCUT2D eigenvalue weighted by atomic mass is 19.1. The first-order valence-corrected chi connectivity index (χ1v) is 5.38. The maximum Gasteiger partial charge on any atom is 0.248 e. The number of halogens is 1. The molecule has 3 nitrogen and oxygen atoms in total. The molecule has 3 N–H and O–H groups in total. The minimum absolute atomic E-state index is 0.123. The van der Waals surface area contributed by atoms with E-state index in [9.17, 15) is 14.3 Å². The average molecular weight is 245 g/mol. The van der Waals surface area contributed by atoms with Crippen LogP contribution in [0.3, 0.4) is 0 Å². The van der Waals surface area contributed by atoms with Crippen molar-refractivity contribution >= 4 is 5.91 Å². The van der Waals surface area contributed by atoms with Crippen molar-refractivity contribution < 1.29 is 14.3 Å². The topological polar surface area (TPSA) is 63.3 Å². The number of amides is 1. The average Bonchev–Trinajstić information content (AvgIpc) is 2.31. The smallest absolute Gasteiger partial charge is 0.248 e. The number of aromatic hydroxyl groups is 1. The number of aryl methyl sites for hydroxylation is 1. The zero-order chi connectivity index (χ0) is 13.3. The van der Waals surface area contributed by atoms with Gasteiger partial charge in [0.2, 0.25) is 5.91 Å². The van der Waals surface area contributed by atoms with Crippen LogP contribution in [0, 0.1) is 12.7 Å². The molecular weight excluding hydrogens is 233 g/mol. The lowest BCUT2D eigenvalue weighted by atomic mass is 10.00. The summed E-state index contributed by atoms with van der Waals surface area (Å²) in [6, 6.07) is 9.05. The molecule has 2 rings (SSSR count). The van der Waals surface area contributed by atoms with Gasteiger partial charge in [-0.3, -0.25) is 4.79 Å². The van der Waals surface area contributed by atoms with E-state index in [1.54, 1.807) is 25.1 Å². The zero-order valence-electron chi connectivity index (χ0n) is 9.77. The summed E-state index contributed by atoms with van der Waals surface area (Å²) in [5, 5.41) is 9.53. The molecule has 0 atom stereocenters. The van der Waals surface area contributed by atoms with E-state index in [-0.39, 0.29) is 17.1 Å². The summed E-state index contributed by atoms with van der Waals surface area (Å²) >= 11 is 0. The highest BCUT2D eigenvalue weighted by Crippen LogP contribution is 2.28. The Morgan fingerprint density at radius 3 is 2.67 bits per heavy atom. The lowest BCUT2D eigenvalue weighted by molar-refractivity contribution is 0.1000. The van der Waals surface area contributed by atoms with Gasteiger partial charge in [0.1, 0.15) is 11.6 Å². The number of rotatable bonds is 2. The van der Waals surface area contributed by atoms with E-state index in [4.69, 9.17) is 5.73 Å². The molecule has 92 valence electrons. The summed E-state index contributed by atoms with van der Waals surface area (Å²) in [5.74, 6) is -1.17. The van der Waals surface area contributed by atoms with Crippen molar-refractivity contribution in [3.8, 4) is 16.9 Å². The van der Waals surface area contributed by atoms with Gasteiger partial charge in [-0.05, 0) is 36.2 Å². The second-order valence-corrected chi connectivity index (χ2v) is 4.07. The van der Waals surface area contributed by atoms with Gasteiger partial charge in [-0.15, -0.1) is 0 Å². The predicted molar refractivity (Wildman–Crippen MR) is 66.8 cm³/mol. The molecule has 2 aromatic rings. The van der Waals surface area contributed by atoms with Crippen LogP contribution in [-0.2, 0) is 0 Å². The van der Waals surface area contributed by atoms with Crippen LogP contribution in [-0.4, -0.2) is 11.0 Å². The van der Waals surface area contributed by atoms with E-state index in [0.29, 0.717) is 16.7 Å². The van der Waals surface area contributed by atoms with Crippen LogP contribution in [0.15, 0.2) is 36.4 Å². The fraction of sp³-hybridized carbons (Fsp3) is 0.0714. The summed E-state index contributed by atoms with van der Waals surface area (Å²) in [7, 11) is 0. The number of carbonyl (C=O) groups is 1.